The monoisotopic (exact) mass is 404 g/mol. The number of carbonyl (C=O) groups excluding carboxylic acids is 1. The number of hydrogen-bond donors (Lipinski definition) is 3. The van der Waals surface area contributed by atoms with E-state index in [1.165, 1.54) is 23.9 Å². The first kappa shape index (κ1) is 20.4. The maximum atomic E-state index is 12.5. The number of aliphatic carboxylic acids is 1. The van der Waals surface area contributed by atoms with Crippen LogP contribution in [0.25, 0.3) is 0 Å². The SMILES string of the molecule is Cc1ccc(S(=O)(=O)O)cc1.NC1C(=O)N2C(C(=O)O)=C(CF)CS[C@H]12. The summed E-state index contributed by atoms with van der Waals surface area (Å²) in [6, 6.07) is 5.33. The van der Waals surface area contributed by atoms with Crippen molar-refractivity contribution in [2.75, 3.05) is 12.4 Å². The highest BCUT2D eigenvalue weighted by Gasteiger charge is 2.51. The van der Waals surface area contributed by atoms with Crippen LogP contribution in [0.1, 0.15) is 5.56 Å². The Morgan fingerprint density at radius 3 is 2.42 bits per heavy atom. The lowest BCUT2D eigenvalue weighted by atomic mass is 10.0. The van der Waals surface area contributed by atoms with E-state index in [4.69, 9.17) is 15.4 Å². The Bertz CT molecular complexity index is 853. The Labute approximate surface area is 153 Å². The normalized spacial score (nSPS) is 22.2. The molecule has 1 saturated heterocycles. The zero-order chi connectivity index (χ0) is 19.6. The Hall–Kier alpha value is -1.95. The van der Waals surface area contributed by atoms with E-state index >= 15 is 0 Å². The topological polar surface area (TPSA) is 138 Å². The predicted molar refractivity (Wildman–Crippen MR) is 92.7 cm³/mol. The number of aryl methyl sites for hydroxylation is 1. The van der Waals surface area contributed by atoms with Crippen molar-refractivity contribution in [3.63, 3.8) is 0 Å². The van der Waals surface area contributed by atoms with Crippen molar-refractivity contribution in [3.05, 3.63) is 41.1 Å². The molecule has 2 aliphatic rings. The average molecular weight is 404 g/mol. The zero-order valence-electron chi connectivity index (χ0n) is 13.6. The Morgan fingerprint density at radius 1 is 1.38 bits per heavy atom. The fraction of sp³-hybridized carbons (Fsp3) is 0.333. The summed E-state index contributed by atoms with van der Waals surface area (Å²) in [6.45, 7) is 0.994. The van der Waals surface area contributed by atoms with E-state index in [2.05, 4.69) is 0 Å². The van der Waals surface area contributed by atoms with Crippen LogP contribution in [0.3, 0.4) is 0 Å². The van der Waals surface area contributed by atoms with Gasteiger partial charge in [0.25, 0.3) is 10.1 Å². The average Bonchev–Trinajstić information content (AvgIpc) is 2.59. The number of nitrogens with two attached hydrogens (primary N) is 1. The van der Waals surface area contributed by atoms with Gasteiger partial charge in [0.2, 0.25) is 5.91 Å². The Kier molecular flexibility index (Phi) is 6.06. The number of benzene rings is 1. The number of halogens is 1. The largest absolute Gasteiger partial charge is 0.477 e. The van der Waals surface area contributed by atoms with Crippen molar-refractivity contribution in [2.45, 2.75) is 23.2 Å². The van der Waals surface area contributed by atoms with Crippen LogP contribution in [-0.2, 0) is 19.7 Å². The fourth-order valence-corrected chi connectivity index (χ4v) is 4.14. The summed E-state index contributed by atoms with van der Waals surface area (Å²) in [5.41, 5.74) is 6.37. The predicted octanol–water partition coefficient (Wildman–Crippen LogP) is 0.779. The lowest BCUT2D eigenvalue weighted by molar-refractivity contribution is -0.148. The summed E-state index contributed by atoms with van der Waals surface area (Å²) in [4.78, 5) is 23.2. The van der Waals surface area contributed by atoms with Crippen molar-refractivity contribution in [3.8, 4) is 0 Å². The molecule has 2 heterocycles. The Morgan fingerprint density at radius 2 is 1.96 bits per heavy atom. The van der Waals surface area contributed by atoms with Crippen LogP contribution in [-0.4, -0.2) is 58.7 Å². The molecule has 26 heavy (non-hydrogen) atoms. The van der Waals surface area contributed by atoms with Crippen LogP contribution in [0, 0.1) is 6.92 Å². The van der Waals surface area contributed by atoms with E-state index in [1.54, 1.807) is 12.1 Å². The summed E-state index contributed by atoms with van der Waals surface area (Å²) in [5.74, 6) is -1.44. The molecule has 0 aromatic heterocycles. The number of fused-ring (bicyclic) bond motifs is 1. The number of rotatable bonds is 3. The fourth-order valence-electron chi connectivity index (χ4n) is 2.39. The second kappa shape index (κ2) is 7.74. The molecule has 4 N–H and O–H groups in total. The van der Waals surface area contributed by atoms with Gasteiger partial charge in [-0.3, -0.25) is 14.2 Å². The lowest BCUT2D eigenvalue weighted by Gasteiger charge is -2.47. The number of alkyl halides is 1. The van der Waals surface area contributed by atoms with E-state index in [0.717, 1.165) is 10.5 Å². The number of nitrogens with zero attached hydrogens (tertiary/aromatic N) is 1. The van der Waals surface area contributed by atoms with Gasteiger partial charge in [0.1, 0.15) is 23.8 Å². The first-order valence-electron chi connectivity index (χ1n) is 7.33. The lowest BCUT2D eigenvalue weighted by Crippen LogP contribution is -2.68. The minimum Gasteiger partial charge on any atom is -0.477 e. The minimum atomic E-state index is -4.02. The third-order valence-corrected chi connectivity index (χ3v) is 6.00. The second-order valence-electron chi connectivity index (χ2n) is 5.61. The van der Waals surface area contributed by atoms with E-state index < -0.39 is 34.7 Å². The van der Waals surface area contributed by atoms with Crippen LogP contribution in [0.15, 0.2) is 40.4 Å². The molecular weight excluding hydrogens is 387 g/mol. The maximum Gasteiger partial charge on any atom is 0.352 e. The highest BCUT2D eigenvalue weighted by atomic mass is 32.2. The number of carbonyl (C=O) groups is 2. The molecule has 1 fully saturated rings. The quantitative estimate of drug-likeness (QED) is 0.496. The van der Waals surface area contributed by atoms with Crippen molar-refractivity contribution >= 4 is 33.8 Å². The molecule has 8 nitrogen and oxygen atoms in total. The number of hydrogen-bond acceptors (Lipinski definition) is 6. The molecule has 0 radical (unpaired) electrons. The van der Waals surface area contributed by atoms with Crippen molar-refractivity contribution < 1.29 is 32.1 Å². The minimum absolute atomic E-state index is 0.0666. The van der Waals surface area contributed by atoms with E-state index in [0.29, 0.717) is 0 Å². The van der Waals surface area contributed by atoms with Crippen molar-refractivity contribution in [1.82, 2.24) is 4.90 Å². The second-order valence-corrected chi connectivity index (χ2v) is 8.14. The van der Waals surface area contributed by atoms with E-state index in [9.17, 15) is 22.4 Å². The molecule has 1 unspecified atom stereocenters. The number of carboxylic acid groups (broad SMARTS) is 1. The molecule has 2 atom stereocenters. The van der Waals surface area contributed by atoms with Crippen LogP contribution < -0.4 is 5.73 Å². The Balaban J connectivity index is 0.000000197. The van der Waals surface area contributed by atoms with Crippen LogP contribution in [0.5, 0.6) is 0 Å². The highest BCUT2D eigenvalue weighted by molar-refractivity contribution is 8.00. The smallest absolute Gasteiger partial charge is 0.352 e. The van der Waals surface area contributed by atoms with Gasteiger partial charge in [0.05, 0.1) is 4.90 Å². The molecule has 3 rings (SSSR count). The van der Waals surface area contributed by atoms with Gasteiger partial charge in [0, 0.05) is 11.3 Å². The molecule has 0 aliphatic carbocycles. The van der Waals surface area contributed by atoms with Gasteiger partial charge in [-0.1, -0.05) is 17.7 Å². The molecule has 0 spiro atoms. The molecule has 11 heteroatoms. The van der Waals surface area contributed by atoms with Gasteiger partial charge in [0.15, 0.2) is 0 Å². The number of amides is 1. The molecule has 2 aliphatic heterocycles. The van der Waals surface area contributed by atoms with Crippen LogP contribution in [0.2, 0.25) is 0 Å². The van der Waals surface area contributed by atoms with Gasteiger partial charge in [-0.05, 0) is 19.1 Å². The van der Waals surface area contributed by atoms with Gasteiger partial charge in [-0.25, -0.2) is 9.18 Å². The number of thioether (sulfide) groups is 1. The first-order valence-corrected chi connectivity index (χ1v) is 9.82. The van der Waals surface area contributed by atoms with Gasteiger partial charge < -0.3 is 10.8 Å². The van der Waals surface area contributed by atoms with Crippen molar-refractivity contribution in [1.29, 1.82) is 0 Å². The summed E-state index contributed by atoms with van der Waals surface area (Å²) in [7, 11) is -4.02. The summed E-state index contributed by atoms with van der Waals surface area (Å²) >= 11 is 1.30. The van der Waals surface area contributed by atoms with Gasteiger partial charge >= 0.3 is 5.97 Å². The van der Waals surface area contributed by atoms with E-state index in [1.807, 2.05) is 6.92 Å². The number of β-lactam (4-membered cyclic amide) rings is 1. The summed E-state index contributed by atoms with van der Waals surface area (Å²) in [6.07, 6.45) is 0. The van der Waals surface area contributed by atoms with E-state index in [-0.39, 0.29) is 27.3 Å². The summed E-state index contributed by atoms with van der Waals surface area (Å²) < 4.78 is 42.1. The molecule has 1 amide bonds. The molecule has 1 aromatic rings. The molecule has 142 valence electrons. The summed E-state index contributed by atoms with van der Waals surface area (Å²) in [5, 5.41) is 8.55. The third kappa shape index (κ3) is 4.06. The third-order valence-electron chi connectivity index (χ3n) is 3.77. The molecule has 1 aromatic carbocycles. The molecule has 0 bridgehead atoms. The molecule has 0 saturated carbocycles. The first-order chi connectivity index (χ1) is 12.1. The van der Waals surface area contributed by atoms with Crippen molar-refractivity contribution in [2.24, 2.45) is 5.73 Å². The van der Waals surface area contributed by atoms with Crippen LogP contribution >= 0.6 is 11.8 Å². The highest BCUT2D eigenvalue weighted by Crippen LogP contribution is 2.39. The standard InChI is InChI=1S/C8H9FN2O3S.C7H8O3S/c9-1-3-2-15-7-4(10)6(12)11(7)5(3)8(13)14;1-6-2-4-7(5-3-6)11(8,9)10/h4,7H,1-2,10H2,(H,13,14);2-5H,1H3,(H,8,9,10)/t4?,7-;/m1./s1. The van der Waals surface area contributed by atoms with Gasteiger partial charge in [-0.15, -0.1) is 11.8 Å². The van der Waals surface area contributed by atoms with Crippen LogP contribution in [0.4, 0.5) is 4.39 Å². The number of carboxylic acids is 1. The molecular formula is C15H17FN2O6S2. The zero-order valence-corrected chi connectivity index (χ0v) is 15.3. The maximum absolute atomic E-state index is 12.5. The van der Waals surface area contributed by atoms with Gasteiger partial charge in [-0.2, -0.15) is 8.42 Å².